The Morgan fingerprint density at radius 2 is 1.75 bits per heavy atom. The fourth-order valence-corrected chi connectivity index (χ4v) is 1.52. The fraction of sp³-hybridized carbons (Fsp3) is 0.0667. The molecule has 24 heavy (non-hydrogen) atoms. The summed E-state index contributed by atoms with van der Waals surface area (Å²) in [7, 11) is 0. The number of hydrazone groups is 1. The molecule has 0 aliphatic carbocycles. The van der Waals surface area contributed by atoms with Crippen LogP contribution in [0.15, 0.2) is 47.7 Å². The number of benzene rings is 1. The number of anilines is 1. The molecule has 0 radical (unpaired) electrons. The lowest BCUT2D eigenvalue weighted by Crippen LogP contribution is -2.05. The molecule has 2 aromatic rings. The average molecular weight is 331 g/mol. The maximum atomic E-state index is 12.4. The number of halogens is 3. The van der Waals surface area contributed by atoms with E-state index < -0.39 is 11.7 Å². The summed E-state index contributed by atoms with van der Waals surface area (Å²) in [5.74, 6) is 0.357. The van der Waals surface area contributed by atoms with Gasteiger partial charge in [-0.3, -0.25) is 5.43 Å². The van der Waals surface area contributed by atoms with E-state index in [0.29, 0.717) is 17.6 Å². The first-order chi connectivity index (χ1) is 11.4. The van der Waals surface area contributed by atoms with E-state index in [0.717, 1.165) is 12.1 Å². The van der Waals surface area contributed by atoms with Gasteiger partial charge in [0.25, 0.3) is 0 Å². The Bertz CT molecular complexity index is 799. The zero-order valence-corrected chi connectivity index (χ0v) is 11.9. The van der Waals surface area contributed by atoms with Crippen molar-refractivity contribution in [3.05, 3.63) is 48.2 Å². The number of nitrogens with one attached hydrogen (secondary N) is 1. The monoisotopic (exact) mass is 331 g/mol. The molecule has 1 heterocycles. The van der Waals surface area contributed by atoms with Crippen molar-refractivity contribution < 1.29 is 17.9 Å². The van der Waals surface area contributed by atoms with Gasteiger partial charge in [0, 0.05) is 12.3 Å². The molecule has 0 bridgehead atoms. The number of pyridine rings is 1. The van der Waals surface area contributed by atoms with E-state index in [1.807, 2.05) is 0 Å². The Morgan fingerprint density at radius 1 is 1.08 bits per heavy atom. The van der Waals surface area contributed by atoms with Gasteiger partial charge in [-0.1, -0.05) is 0 Å². The number of hydrogen-bond donors (Lipinski definition) is 1. The van der Waals surface area contributed by atoms with Gasteiger partial charge in [0.2, 0.25) is 11.6 Å². The molecule has 1 aromatic heterocycles. The summed E-state index contributed by atoms with van der Waals surface area (Å²) >= 11 is 0. The van der Waals surface area contributed by atoms with Crippen molar-refractivity contribution in [2.45, 2.75) is 6.18 Å². The minimum absolute atomic E-state index is 0.0120. The van der Waals surface area contributed by atoms with Crippen LogP contribution in [0.5, 0.6) is 11.6 Å². The second-order valence-electron chi connectivity index (χ2n) is 4.31. The van der Waals surface area contributed by atoms with E-state index in [9.17, 15) is 13.2 Å². The van der Waals surface area contributed by atoms with E-state index in [4.69, 9.17) is 15.3 Å². The molecule has 0 fully saturated rings. The smallest absolute Gasteiger partial charge is 0.417 e. The SMILES string of the molecule is N#CC(C#N)=NNc1ccc(Oc2ccc(C(F)(F)F)cn2)cc1. The van der Waals surface area contributed by atoms with Gasteiger partial charge in [-0.2, -0.15) is 28.8 Å². The van der Waals surface area contributed by atoms with Gasteiger partial charge in [-0.05, 0) is 30.3 Å². The maximum Gasteiger partial charge on any atom is 0.417 e. The van der Waals surface area contributed by atoms with Crippen LogP contribution in [0.1, 0.15) is 5.56 Å². The highest BCUT2D eigenvalue weighted by Gasteiger charge is 2.30. The van der Waals surface area contributed by atoms with Crippen LogP contribution in [-0.4, -0.2) is 10.7 Å². The van der Waals surface area contributed by atoms with Crippen LogP contribution < -0.4 is 10.2 Å². The summed E-state index contributed by atoms with van der Waals surface area (Å²) in [4.78, 5) is 3.59. The summed E-state index contributed by atoms with van der Waals surface area (Å²) in [5.41, 5.74) is 1.81. The van der Waals surface area contributed by atoms with Crippen molar-refractivity contribution in [3.8, 4) is 23.8 Å². The lowest BCUT2D eigenvalue weighted by atomic mass is 10.3. The number of hydrogen-bond acceptors (Lipinski definition) is 6. The van der Waals surface area contributed by atoms with Gasteiger partial charge in [0.05, 0.1) is 11.3 Å². The molecule has 120 valence electrons. The number of ether oxygens (including phenoxy) is 1. The minimum atomic E-state index is -4.45. The molecule has 0 aliphatic rings. The largest absolute Gasteiger partial charge is 0.439 e. The van der Waals surface area contributed by atoms with Crippen LogP contribution in [0.2, 0.25) is 0 Å². The molecular formula is C15H8F3N5O. The Labute approximate surface area is 134 Å². The van der Waals surface area contributed by atoms with Crippen LogP contribution in [0.4, 0.5) is 18.9 Å². The topological polar surface area (TPSA) is 94.1 Å². The third-order valence-electron chi connectivity index (χ3n) is 2.65. The van der Waals surface area contributed by atoms with E-state index in [2.05, 4.69) is 15.5 Å². The molecule has 6 nitrogen and oxygen atoms in total. The van der Waals surface area contributed by atoms with Crippen LogP contribution in [0.3, 0.4) is 0 Å². The predicted molar refractivity (Wildman–Crippen MR) is 78.0 cm³/mol. The van der Waals surface area contributed by atoms with Crippen molar-refractivity contribution in [2.24, 2.45) is 5.10 Å². The highest BCUT2D eigenvalue weighted by molar-refractivity contribution is 6.10. The van der Waals surface area contributed by atoms with Crippen LogP contribution in [-0.2, 0) is 6.18 Å². The molecule has 2 rings (SSSR count). The lowest BCUT2D eigenvalue weighted by Gasteiger charge is -2.08. The van der Waals surface area contributed by atoms with Crippen molar-refractivity contribution in [3.63, 3.8) is 0 Å². The first kappa shape index (κ1) is 16.8. The molecule has 0 spiro atoms. The number of rotatable bonds is 4. The Kier molecular flexibility index (Phi) is 4.97. The summed E-state index contributed by atoms with van der Waals surface area (Å²) in [6.45, 7) is 0. The second-order valence-corrected chi connectivity index (χ2v) is 4.31. The zero-order valence-electron chi connectivity index (χ0n) is 11.9. The molecule has 9 heteroatoms. The quantitative estimate of drug-likeness (QED) is 0.681. The van der Waals surface area contributed by atoms with E-state index in [-0.39, 0.29) is 11.6 Å². The molecule has 1 aromatic carbocycles. The predicted octanol–water partition coefficient (Wildman–Crippen LogP) is 3.71. The summed E-state index contributed by atoms with van der Waals surface area (Å²) in [6.07, 6.45) is -3.77. The summed E-state index contributed by atoms with van der Waals surface area (Å²) in [6, 6.07) is 11.3. The first-order valence-corrected chi connectivity index (χ1v) is 6.37. The molecule has 0 atom stereocenters. The van der Waals surface area contributed by atoms with Gasteiger partial charge < -0.3 is 4.74 Å². The van der Waals surface area contributed by atoms with Gasteiger partial charge in [-0.25, -0.2) is 4.98 Å². The Balaban J connectivity index is 2.03. The van der Waals surface area contributed by atoms with Gasteiger partial charge >= 0.3 is 6.18 Å². The fourth-order valence-electron chi connectivity index (χ4n) is 1.52. The standard InChI is InChI=1S/C15H8F3N5O/c16-15(17,18)10-1-6-14(21-9-10)24-13-4-2-11(3-5-13)22-23-12(7-19)8-20/h1-6,9,22H. The molecule has 0 aliphatic heterocycles. The molecular weight excluding hydrogens is 323 g/mol. The van der Waals surface area contributed by atoms with Crippen molar-refractivity contribution in [1.29, 1.82) is 10.5 Å². The maximum absolute atomic E-state index is 12.4. The van der Waals surface area contributed by atoms with Gasteiger partial charge in [0.15, 0.2) is 0 Å². The van der Waals surface area contributed by atoms with Crippen molar-refractivity contribution >= 4 is 11.4 Å². The van der Waals surface area contributed by atoms with Crippen LogP contribution >= 0.6 is 0 Å². The number of aromatic nitrogens is 1. The Morgan fingerprint density at radius 3 is 2.25 bits per heavy atom. The summed E-state index contributed by atoms with van der Waals surface area (Å²) < 4.78 is 42.6. The first-order valence-electron chi connectivity index (χ1n) is 6.37. The molecule has 1 N–H and O–H groups in total. The van der Waals surface area contributed by atoms with Crippen molar-refractivity contribution in [2.75, 3.05) is 5.43 Å². The van der Waals surface area contributed by atoms with E-state index in [1.54, 1.807) is 24.3 Å². The highest BCUT2D eigenvalue weighted by atomic mass is 19.4. The third kappa shape index (κ3) is 4.45. The number of nitriles is 2. The second kappa shape index (κ2) is 7.11. The van der Waals surface area contributed by atoms with Crippen molar-refractivity contribution in [1.82, 2.24) is 4.98 Å². The molecule has 0 saturated heterocycles. The van der Waals surface area contributed by atoms with Crippen LogP contribution in [0, 0.1) is 22.7 Å². The zero-order chi connectivity index (χ0) is 17.6. The van der Waals surface area contributed by atoms with E-state index >= 15 is 0 Å². The Hall–Kier alpha value is -3.59. The normalized spacial score (nSPS) is 10.2. The molecule has 0 amide bonds. The summed E-state index contributed by atoms with van der Waals surface area (Å²) in [5, 5.41) is 20.6. The average Bonchev–Trinajstić information content (AvgIpc) is 2.57. The molecule has 0 saturated carbocycles. The van der Waals surface area contributed by atoms with Gasteiger partial charge in [-0.15, -0.1) is 0 Å². The number of nitrogens with zero attached hydrogens (tertiary/aromatic N) is 4. The van der Waals surface area contributed by atoms with Crippen LogP contribution in [0.25, 0.3) is 0 Å². The highest BCUT2D eigenvalue weighted by Crippen LogP contribution is 2.30. The lowest BCUT2D eigenvalue weighted by molar-refractivity contribution is -0.137. The van der Waals surface area contributed by atoms with Gasteiger partial charge in [0.1, 0.15) is 17.9 Å². The number of alkyl halides is 3. The third-order valence-corrected chi connectivity index (χ3v) is 2.65. The minimum Gasteiger partial charge on any atom is -0.439 e. The molecule has 0 unspecified atom stereocenters. The van der Waals surface area contributed by atoms with E-state index in [1.165, 1.54) is 12.1 Å².